The summed E-state index contributed by atoms with van der Waals surface area (Å²) in [7, 11) is 0. The standard InChI is InChI=1S/C26H26F2N2O3/c27-21-10-6-18(7-11-21)15-30(16-19-8-12-22(28)13-9-19)23-17-33-24(25(23)31)14-29-26(32)20-4-2-1-3-5-20/h1-13,23-25,31H,14-17H2,(H,29,32). The minimum Gasteiger partial charge on any atom is -0.389 e. The number of carbonyl (C=O) groups excluding carboxylic acids is 1. The first-order valence-corrected chi connectivity index (χ1v) is 10.9. The van der Waals surface area contributed by atoms with Gasteiger partial charge in [0.1, 0.15) is 17.7 Å². The fourth-order valence-corrected chi connectivity index (χ4v) is 3.99. The van der Waals surface area contributed by atoms with Crippen molar-refractivity contribution in [2.75, 3.05) is 13.2 Å². The normalized spacial score (nSPS) is 20.2. The molecular formula is C26H26F2N2O3. The van der Waals surface area contributed by atoms with Gasteiger partial charge in [0.2, 0.25) is 0 Å². The molecule has 0 radical (unpaired) electrons. The zero-order valence-electron chi connectivity index (χ0n) is 18.0. The Kier molecular flexibility index (Phi) is 7.44. The van der Waals surface area contributed by atoms with E-state index in [0.717, 1.165) is 11.1 Å². The van der Waals surface area contributed by atoms with Gasteiger partial charge in [0.25, 0.3) is 5.91 Å². The molecule has 3 atom stereocenters. The average molecular weight is 453 g/mol. The van der Waals surface area contributed by atoms with Gasteiger partial charge in [0.15, 0.2) is 0 Å². The van der Waals surface area contributed by atoms with Crippen LogP contribution >= 0.6 is 0 Å². The lowest BCUT2D eigenvalue weighted by Crippen LogP contribution is -2.46. The summed E-state index contributed by atoms with van der Waals surface area (Å²) in [5, 5.41) is 13.8. The Bertz CT molecular complexity index is 998. The molecule has 1 heterocycles. The van der Waals surface area contributed by atoms with E-state index < -0.39 is 12.2 Å². The third-order valence-electron chi connectivity index (χ3n) is 5.82. The summed E-state index contributed by atoms with van der Waals surface area (Å²) in [6.45, 7) is 1.35. The highest BCUT2D eigenvalue weighted by Gasteiger charge is 2.39. The van der Waals surface area contributed by atoms with E-state index in [-0.39, 0.29) is 36.7 Å². The zero-order valence-corrected chi connectivity index (χ0v) is 18.0. The van der Waals surface area contributed by atoms with Crippen molar-refractivity contribution in [1.82, 2.24) is 10.2 Å². The molecule has 1 amide bonds. The molecule has 5 nitrogen and oxygen atoms in total. The van der Waals surface area contributed by atoms with Crippen LogP contribution in [0.25, 0.3) is 0 Å². The topological polar surface area (TPSA) is 61.8 Å². The predicted molar refractivity (Wildman–Crippen MR) is 120 cm³/mol. The van der Waals surface area contributed by atoms with E-state index in [1.807, 2.05) is 11.0 Å². The molecule has 0 spiro atoms. The first-order chi connectivity index (χ1) is 16.0. The maximum atomic E-state index is 13.4. The number of halogens is 2. The van der Waals surface area contributed by atoms with E-state index in [4.69, 9.17) is 4.74 Å². The number of carbonyl (C=O) groups is 1. The predicted octanol–water partition coefficient (Wildman–Crippen LogP) is 3.53. The van der Waals surface area contributed by atoms with Crippen LogP contribution in [0.1, 0.15) is 21.5 Å². The van der Waals surface area contributed by atoms with Gasteiger partial charge in [-0.2, -0.15) is 0 Å². The smallest absolute Gasteiger partial charge is 0.251 e. The number of amides is 1. The van der Waals surface area contributed by atoms with Crippen molar-refractivity contribution in [1.29, 1.82) is 0 Å². The monoisotopic (exact) mass is 452 g/mol. The van der Waals surface area contributed by atoms with Gasteiger partial charge in [-0.25, -0.2) is 8.78 Å². The zero-order chi connectivity index (χ0) is 23.2. The molecule has 0 aliphatic carbocycles. The lowest BCUT2D eigenvalue weighted by Gasteiger charge is -2.31. The lowest BCUT2D eigenvalue weighted by atomic mass is 10.0. The van der Waals surface area contributed by atoms with E-state index in [0.29, 0.717) is 18.7 Å². The fraction of sp³-hybridized carbons (Fsp3) is 0.269. The molecule has 7 heteroatoms. The van der Waals surface area contributed by atoms with Gasteiger partial charge in [-0.1, -0.05) is 42.5 Å². The fourth-order valence-electron chi connectivity index (χ4n) is 3.99. The Morgan fingerprint density at radius 1 is 0.909 bits per heavy atom. The lowest BCUT2D eigenvalue weighted by molar-refractivity contribution is 0.0300. The van der Waals surface area contributed by atoms with Crippen molar-refractivity contribution in [2.24, 2.45) is 0 Å². The summed E-state index contributed by atoms with van der Waals surface area (Å²) in [4.78, 5) is 14.4. The summed E-state index contributed by atoms with van der Waals surface area (Å²) >= 11 is 0. The van der Waals surface area contributed by atoms with Crippen molar-refractivity contribution in [3.8, 4) is 0 Å². The van der Waals surface area contributed by atoms with Gasteiger partial charge in [-0.15, -0.1) is 0 Å². The second-order valence-electron chi connectivity index (χ2n) is 8.16. The molecule has 3 unspecified atom stereocenters. The van der Waals surface area contributed by atoms with Crippen molar-refractivity contribution < 1.29 is 23.4 Å². The minimum atomic E-state index is -0.845. The van der Waals surface area contributed by atoms with Gasteiger partial charge in [0, 0.05) is 25.2 Å². The van der Waals surface area contributed by atoms with Crippen LogP contribution < -0.4 is 5.32 Å². The number of benzene rings is 3. The third-order valence-corrected chi connectivity index (χ3v) is 5.82. The van der Waals surface area contributed by atoms with E-state index in [1.54, 1.807) is 48.5 Å². The van der Waals surface area contributed by atoms with Crippen LogP contribution in [0.4, 0.5) is 8.78 Å². The number of nitrogens with one attached hydrogen (secondary N) is 1. The molecule has 0 saturated carbocycles. The summed E-state index contributed by atoms with van der Waals surface area (Å²) in [5.74, 6) is -0.867. The van der Waals surface area contributed by atoms with Crippen LogP contribution in [-0.4, -0.2) is 47.3 Å². The molecule has 0 aromatic heterocycles. The van der Waals surface area contributed by atoms with Crippen LogP contribution in [0.3, 0.4) is 0 Å². The van der Waals surface area contributed by atoms with Gasteiger partial charge >= 0.3 is 0 Å². The Morgan fingerprint density at radius 2 is 1.45 bits per heavy atom. The molecule has 1 aliphatic heterocycles. The average Bonchev–Trinajstić information content (AvgIpc) is 3.20. The van der Waals surface area contributed by atoms with Crippen molar-refractivity contribution in [2.45, 2.75) is 31.3 Å². The maximum absolute atomic E-state index is 13.4. The molecule has 172 valence electrons. The highest BCUT2D eigenvalue weighted by atomic mass is 19.1. The molecule has 1 aliphatic rings. The van der Waals surface area contributed by atoms with Gasteiger partial charge < -0.3 is 15.2 Å². The van der Waals surface area contributed by atoms with Gasteiger partial charge in [0.05, 0.1) is 18.8 Å². The molecule has 1 fully saturated rings. The van der Waals surface area contributed by atoms with Crippen molar-refractivity contribution in [3.63, 3.8) is 0 Å². The number of aliphatic hydroxyl groups is 1. The SMILES string of the molecule is O=C(NCC1OCC(N(Cc2ccc(F)cc2)Cc2ccc(F)cc2)C1O)c1ccccc1. The number of aliphatic hydroxyl groups excluding tert-OH is 1. The van der Waals surface area contributed by atoms with Crippen LogP contribution in [0.2, 0.25) is 0 Å². The van der Waals surface area contributed by atoms with Crippen molar-refractivity contribution >= 4 is 5.91 Å². The number of ether oxygens (including phenoxy) is 1. The van der Waals surface area contributed by atoms with E-state index in [1.165, 1.54) is 24.3 Å². The first kappa shape index (κ1) is 23.0. The van der Waals surface area contributed by atoms with Crippen molar-refractivity contribution in [3.05, 3.63) is 107 Å². The van der Waals surface area contributed by atoms with Crippen LogP contribution in [0, 0.1) is 11.6 Å². The van der Waals surface area contributed by atoms with E-state index >= 15 is 0 Å². The van der Waals surface area contributed by atoms with Crippen LogP contribution in [0.5, 0.6) is 0 Å². The summed E-state index contributed by atoms with van der Waals surface area (Å²) in [6, 6.07) is 20.9. The Labute approximate surface area is 191 Å². The molecule has 3 aromatic carbocycles. The number of hydrogen-bond acceptors (Lipinski definition) is 4. The van der Waals surface area contributed by atoms with E-state index in [9.17, 15) is 18.7 Å². The molecule has 4 rings (SSSR count). The Hall–Kier alpha value is -3.13. The minimum absolute atomic E-state index is 0.173. The Morgan fingerprint density at radius 3 is 2.00 bits per heavy atom. The molecular weight excluding hydrogens is 426 g/mol. The van der Waals surface area contributed by atoms with Crippen LogP contribution in [0.15, 0.2) is 78.9 Å². The first-order valence-electron chi connectivity index (χ1n) is 10.9. The van der Waals surface area contributed by atoms with Gasteiger partial charge in [-0.3, -0.25) is 9.69 Å². The summed E-state index contributed by atoms with van der Waals surface area (Å²) in [6.07, 6.45) is -1.41. The number of hydrogen-bond donors (Lipinski definition) is 2. The summed E-state index contributed by atoms with van der Waals surface area (Å²) < 4.78 is 32.5. The maximum Gasteiger partial charge on any atom is 0.251 e. The molecule has 3 aromatic rings. The molecule has 1 saturated heterocycles. The number of rotatable bonds is 8. The Balaban J connectivity index is 1.44. The van der Waals surface area contributed by atoms with E-state index in [2.05, 4.69) is 5.32 Å². The molecule has 33 heavy (non-hydrogen) atoms. The number of nitrogens with zero attached hydrogens (tertiary/aromatic N) is 1. The highest BCUT2D eigenvalue weighted by molar-refractivity contribution is 5.94. The van der Waals surface area contributed by atoms with Gasteiger partial charge in [-0.05, 0) is 47.5 Å². The third kappa shape index (κ3) is 6.01. The quantitative estimate of drug-likeness (QED) is 0.549. The second-order valence-corrected chi connectivity index (χ2v) is 8.16. The largest absolute Gasteiger partial charge is 0.389 e. The second kappa shape index (κ2) is 10.7. The molecule has 0 bridgehead atoms. The van der Waals surface area contributed by atoms with Crippen LogP contribution in [-0.2, 0) is 17.8 Å². The molecule has 2 N–H and O–H groups in total. The highest BCUT2D eigenvalue weighted by Crippen LogP contribution is 2.24. The summed E-state index contributed by atoms with van der Waals surface area (Å²) in [5.41, 5.74) is 2.30.